The topological polar surface area (TPSA) is 75.3 Å². The number of nitrogens with zero attached hydrogens (tertiary/aromatic N) is 1. The number of ether oxygens (including phenoxy) is 1. The molecule has 0 aliphatic heterocycles. The van der Waals surface area contributed by atoms with Gasteiger partial charge in [-0.1, -0.05) is 6.07 Å². The van der Waals surface area contributed by atoms with Crippen molar-refractivity contribution in [2.75, 3.05) is 11.9 Å². The van der Waals surface area contributed by atoms with Gasteiger partial charge in [-0.25, -0.2) is 0 Å². The van der Waals surface area contributed by atoms with E-state index in [1.54, 1.807) is 42.7 Å². The quantitative estimate of drug-likeness (QED) is 0.890. The van der Waals surface area contributed by atoms with E-state index < -0.39 is 0 Å². The van der Waals surface area contributed by atoms with Crippen molar-refractivity contribution in [3.05, 3.63) is 54.0 Å². The number of hydrogen-bond donors (Lipinski definition) is 1. The first-order valence-electron chi connectivity index (χ1n) is 5.68. The summed E-state index contributed by atoms with van der Waals surface area (Å²) >= 11 is 0. The fraction of sp³-hybridized carbons (Fsp3) is 0.143. The van der Waals surface area contributed by atoms with Crippen LogP contribution in [-0.2, 0) is 16.1 Å². The van der Waals surface area contributed by atoms with E-state index in [0.717, 1.165) is 0 Å². The second-order valence-corrected chi connectivity index (χ2v) is 3.81. The second kappa shape index (κ2) is 6.38. The highest BCUT2D eigenvalue weighted by Gasteiger charge is 2.04. The largest absolute Gasteiger partial charge is 0.467 e. The molecule has 1 amide bonds. The van der Waals surface area contributed by atoms with Crippen LogP contribution >= 0.6 is 0 Å². The van der Waals surface area contributed by atoms with E-state index in [-0.39, 0.29) is 19.1 Å². The predicted molar refractivity (Wildman–Crippen MR) is 68.2 cm³/mol. The van der Waals surface area contributed by atoms with Gasteiger partial charge in [-0.3, -0.25) is 4.79 Å². The molecule has 2 aromatic rings. The molecule has 1 N–H and O–H groups in total. The number of hydrogen-bond acceptors (Lipinski definition) is 4. The van der Waals surface area contributed by atoms with Crippen LogP contribution in [0.5, 0.6) is 0 Å². The maximum absolute atomic E-state index is 11.6. The molecule has 1 aromatic heterocycles. The van der Waals surface area contributed by atoms with E-state index >= 15 is 0 Å². The van der Waals surface area contributed by atoms with Crippen LogP contribution in [0.25, 0.3) is 0 Å². The highest BCUT2D eigenvalue weighted by Crippen LogP contribution is 2.09. The Labute approximate surface area is 110 Å². The minimum atomic E-state index is -0.276. The number of anilines is 1. The lowest BCUT2D eigenvalue weighted by Crippen LogP contribution is -2.18. The lowest BCUT2D eigenvalue weighted by molar-refractivity contribution is -0.121. The van der Waals surface area contributed by atoms with E-state index in [4.69, 9.17) is 14.4 Å². The first-order valence-corrected chi connectivity index (χ1v) is 5.68. The summed E-state index contributed by atoms with van der Waals surface area (Å²) in [4.78, 5) is 11.6. The van der Waals surface area contributed by atoms with Crippen molar-refractivity contribution < 1.29 is 13.9 Å². The Balaban J connectivity index is 1.79. The Kier molecular flexibility index (Phi) is 4.32. The zero-order chi connectivity index (χ0) is 13.5. The van der Waals surface area contributed by atoms with Crippen molar-refractivity contribution in [3.63, 3.8) is 0 Å². The molecule has 0 atom stereocenters. The third kappa shape index (κ3) is 3.98. The molecular formula is C14H12N2O3. The first-order chi connectivity index (χ1) is 9.28. The Hall–Kier alpha value is -2.58. The summed E-state index contributed by atoms with van der Waals surface area (Å²) in [7, 11) is 0. The van der Waals surface area contributed by atoms with Gasteiger partial charge in [-0.2, -0.15) is 5.26 Å². The number of benzene rings is 1. The van der Waals surface area contributed by atoms with Crippen molar-refractivity contribution in [1.82, 2.24) is 0 Å². The zero-order valence-corrected chi connectivity index (χ0v) is 10.1. The SMILES string of the molecule is N#Cc1cccc(NC(=O)COCc2ccco2)c1. The Morgan fingerprint density at radius 3 is 3.00 bits per heavy atom. The summed E-state index contributed by atoms with van der Waals surface area (Å²) in [5, 5.41) is 11.4. The zero-order valence-electron chi connectivity index (χ0n) is 10.1. The van der Waals surface area contributed by atoms with Gasteiger partial charge < -0.3 is 14.5 Å². The molecule has 1 heterocycles. The van der Waals surface area contributed by atoms with Crippen molar-refractivity contribution >= 4 is 11.6 Å². The number of rotatable bonds is 5. The van der Waals surface area contributed by atoms with Gasteiger partial charge in [0.2, 0.25) is 5.91 Å². The van der Waals surface area contributed by atoms with Gasteiger partial charge in [0.05, 0.1) is 17.9 Å². The molecule has 0 bridgehead atoms. The lowest BCUT2D eigenvalue weighted by Gasteiger charge is -2.05. The minimum Gasteiger partial charge on any atom is -0.467 e. The average molecular weight is 256 g/mol. The van der Waals surface area contributed by atoms with Crippen LogP contribution < -0.4 is 5.32 Å². The van der Waals surface area contributed by atoms with Crippen LogP contribution in [-0.4, -0.2) is 12.5 Å². The number of carbonyl (C=O) groups is 1. The van der Waals surface area contributed by atoms with Gasteiger partial charge in [0.15, 0.2) is 0 Å². The average Bonchev–Trinajstić information content (AvgIpc) is 2.92. The molecule has 0 fully saturated rings. The summed E-state index contributed by atoms with van der Waals surface area (Å²) in [6.07, 6.45) is 1.55. The number of nitriles is 1. The van der Waals surface area contributed by atoms with Crippen LogP contribution in [0, 0.1) is 11.3 Å². The van der Waals surface area contributed by atoms with Gasteiger partial charge in [0.1, 0.15) is 19.0 Å². The molecule has 0 unspecified atom stereocenters. The minimum absolute atomic E-state index is 0.0719. The lowest BCUT2D eigenvalue weighted by atomic mass is 10.2. The molecule has 96 valence electrons. The van der Waals surface area contributed by atoms with Gasteiger partial charge in [-0.15, -0.1) is 0 Å². The number of furan rings is 1. The maximum atomic E-state index is 11.6. The molecule has 2 rings (SSSR count). The first kappa shape index (κ1) is 12.9. The third-order valence-electron chi connectivity index (χ3n) is 2.33. The molecule has 19 heavy (non-hydrogen) atoms. The van der Waals surface area contributed by atoms with Gasteiger partial charge in [0, 0.05) is 5.69 Å². The van der Waals surface area contributed by atoms with Crippen molar-refractivity contribution in [2.45, 2.75) is 6.61 Å². The Morgan fingerprint density at radius 1 is 1.37 bits per heavy atom. The van der Waals surface area contributed by atoms with Gasteiger partial charge in [-0.05, 0) is 30.3 Å². The third-order valence-corrected chi connectivity index (χ3v) is 2.33. The summed E-state index contributed by atoms with van der Waals surface area (Å²) in [5.41, 5.74) is 1.07. The molecule has 0 saturated heterocycles. The Bertz CT molecular complexity index is 585. The second-order valence-electron chi connectivity index (χ2n) is 3.81. The van der Waals surface area contributed by atoms with E-state index in [0.29, 0.717) is 17.0 Å². The highest BCUT2D eigenvalue weighted by molar-refractivity contribution is 5.91. The van der Waals surface area contributed by atoms with Crippen LogP contribution in [0.4, 0.5) is 5.69 Å². The van der Waals surface area contributed by atoms with Crippen molar-refractivity contribution in [2.24, 2.45) is 0 Å². The smallest absolute Gasteiger partial charge is 0.250 e. The van der Waals surface area contributed by atoms with Gasteiger partial charge >= 0.3 is 0 Å². The predicted octanol–water partition coefficient (Wildman–Crippen LogP) is 2.31. The molecule has 0 spiro atoms. The Morgan fingerprint density at radius 2 is 2.26 bits per heavy atom. The molecule has 0 radical (unpaired) electrons. The molecule has 0 aliphatic rings. The molecule has 0 saturated carbocycles. The molecule has 0 aliphatic carbocycles. The van der Waals surface area contributed by atoms with Gasteiger partial charge in [0.25, 0.3) is 0 Å². The monoisotopic (exact) mass is 256 g/mol. The van der Waals surface area contributed by atoms with Crippen molar-refractivity contribution in [1.29, 1.82) is 5.26 Å². The summed E-state index contributed by atoms with van der Waals surface area (Å²) in [6.45, 7) is 0.177. The fourth-order valence-corrected chi connectivity index (χ4v) is 1.50. The van der Waals surface area contributed by atoms with Crippen LogP contribution in [0.2, 0.25) is 0 Å². The van der Waals surface area contributed by atoms with Crippen LogP contribution in [0.3, 0.4) is 0 Å². The normalized spacial score (nSPS) is 9.84. The van der Waals surface area contributed by atoms with E-state index in [1.165, 1.54) is 0 Å². The molecule has 5 heteroatoms. The number of nitrogens with one attached hydrogen (secondary N) is 1. The maximum Gasteiger partial charge on any atom is 0.250 e. The molecule has 5 nitrogen and oxygen atoms in total. The van der Waals surface area contributed by atoms with E-state index in [9.17, 15) is 4.79 Å². The summed E-state index contributed by atoms with van der Waals surface area (Å²) in [5.74, 6) is 0.390. The molecular weight excluding hydrogens is 244 g/mol. The van der Waals surface area contributed by atoms with E-state index in [1.807, 2.05) is 6.07 Å². The van der Waals surface area contributed by atoms with Crippen LogP contribution in [0.1, 0.15) is 11.3 Å². The fourth-order valence-electron chi connectivity index (χ4n) is 1.50. The van der Waals surface area contributed by atoms with Crippen molar-refractivity contribution in [3.8, 4) is 6.07 Å². The highest BCUT2D eigenvalue weighted by atomic mass is 16.5. The molecule has 1 aromatic carbocycles. The van der Waals surface area contributed by atoms with Crippen LogP contribution in [0.15, 0.2) is 47.1 Å². The number of amides is 1. The summed E-state index contributed by atoms with van der Waals surface area (Å²) < 4.78 is 10.3. The van der Waals surface area contributed by atoms with E-state index in [2.05, 4.69) is 5.32 Å². The standard InChI is InChI=1S/C14H12N2O3/c15-8-11-3-1-4-12(7-11)16-14(17)10-18-9-13-5-2-6-19-13/h1-7H,9-10H2,(H,16,17). The summed E-state index contributed by atoms with van der Waals surface area (Å²) in [6, 6.07) is 12.2. The number of carbonyl (C=O) groups excluding carboxylic acids is 1.